The molecule has 0 aliphatic carbocycles. The fourth-order valence-corrected chi connectivity index (χ4v) is 3.27. The minimum Gasteiger partial charge on any atom is -0.293 e. The summed E-state index contributed by atoms with van der Waals surface area (Å²) in [6.07, 6.45) is 2.47. The number of hydrogen-bond donors (Lipinski definition) is 0. The van der Waals surface area contributed by atoms with Crippen LogP contribution >= 0.6 is 11.8 Å². The standard InChI is InChI=1S/C12H11F2NO3S/c13-8-5-7(10(15(17)18)6-9(8)14)12(16)11-3-1-2-4-19-11/h5-6,11H,1-4H2. The van der Waals surface area contributed by atoms with Crippen molar-refractivity contribution in [3.05, 3.63) is 39.4 Å². The highest BCUT2D eigenvalue weighted by Crippen LogP contribution is 2.31. The number of nitro benzene ring substituents is 1. The van der Waals surface area contributed by atoms with Crippen molar-refractivity contribution in [1.82, 2.24) is 0 Å². The molecular weight excluding hydrogens is 276 g/mol. The number of carbonyl (C=O) groups excluding carboxylic acids is 1. The first-order chi connectivity index (χ1) is 9.00. The summed E-state index contributed by atoms with van der Waals surface area (Å²) in [5, 5.41) is 10.4. The van der Waals surface area contributed by atoms with E-state index in [2.05, 4.69) is 0 Å². The molecule has 1 aliphatic heterocycles. The van der Waals surface area contributed by atoms with Gasteiger partial charge in [-0.05, 0) is 24.7 Å². The first-order valence-electron chi connectivity index (χ1n) is 5.80. The molecule has 0 N–H and O–H groups in total. The normalized spacial score (nSPS) is 19.2. The smallest absolute Gasteiger partial charge is 0.283 e. The number of benzene rings is 1. The van der Waals surface area contributed by atoms with Crippen LogP contribution in [0.5, 0.6) is 0 Å². The number of hydrogen-bond acceptors (Lipinski definition) is 4. The van der Waals surface area contributed by atoms with E-state index in [-0.39, 0.29) is 5.56 Å². The Morgan fingerprint density at radius 2 is 2.00 bits per heavy atom. The van der Waals surface area contributed by atoms with E-state index in [1.165, 1.54) is 11.8 Å². The van der Waals surface area contributed by atoms with Crippen molar-refractivity contribution in [3.8, 4) is 0 Å². The molecule has 0 bridgehead atoms. The molecule has 0 aromatic heterocycles. The minimum atomic E-state index is -1.32. The highest BCUT2D eigenvalue weighted by atomic mass is 32.2. The van der Waals surface area contributed by atoms with Gasteiger partial charge >= 0.3 is 0 Å². The third kappa shape index (κ3) is 2.91. The number of Topliss-reactive ketones (excluding diaryl/α,β-unsaturated/α-hetero) is 1. The van der Waals surface area contributed by atoms with E-state index in [1.54, 1.807) is 0 Å². The van der Waals surface area contributed by atoms with Gasteiger partial charge in [0.05, 0.1) is 21.8 Å². The molecule has 1 saturated heterocycles. The number of carbonyl (C=O) groups is 1. The molecule has 0 spiro atoms. The predicted molar refractivity (Wildman–Crippen MR) is 67.4 cm³/mol. The van der Waals surface area contributed by atoms with Crippen LogP contribution < -0.4 is 0 Å². The topological polar surface area (TPSA) is 60.2 Å². The quantitative estimate of drug-likeness (QED) is 0.486. The molecule has 2 rings (SSSR count). The van der Waals surface area contributed by atoms with Crippen molar-refractivity contribution >= 4 is 23.2 Å². The van der Waals surface area contributed by atoms with E-state index in [0.29, 0.717) is 18.6 Å². The minimum absolute atomic E-state index is 0.344. The van der Waals surface area contributed by atoms with E-state index in [9.17, 15) is 23.7 Å². The summed E-state index contributed by atoms with van der Waals surface area (Å²) in [4.78, 5) is 22.1. The molecule has 4 nitrogen and oxygen atoms in total. The second-order valence-electron chi connectivity index (χ2n) is 4.26. The average molecular weight is 287 g/mol. The van der Waals surface area contributed by atoms with Crippen molar-refractivity contribution in [2.24, 2.45) is 0 Å². The predicted octanol–water partition coefficient (Wildman–Crippen LogP) is 3.34. The van der Waals surface area contributed by atoms with Crippen molar-refractivity contribution in [2.75, 3.05) is 5.75 Å². The monoisotopic (exact) mass is 287 g/mol. The van der Waals surface area contributed by atoms with Crippen LogP contribution in [0.4, 0.5) is 14.5 Å². The Morgan fingerprint density at radius 1 is 1.32 bits per heavy atom. The highest BCUT2D eigenvalue weighted by Gasteiger charge is 2.30. The van der Waals surface area contributed by atoms with Crippen LogP contribution in [0, 0.1) is 21.7 Å². The van der Waals surface area contributed by atoms with Gasteiger partial charge in [0.2, 0.25) is 0 Å². The summed E-state index contributed by atoms with van der Waals surface area (Å²) in [7, 11) is 0. The van der Waals surface area contributed by atoms with Gasteiger partial charge in [-0.25, -0.2) is 8.78 Å². The molecule has 1 unspecified atom stereocenters. The number of halogens is 2. The van der Waals surface area contributed by atoms with Crippen LogP contribution in [0.2, 0.25) is 0 Å². The maximum absolute atomic E-state index is 13.2. The lowest BCUT2D eigenvalue weighted by atomic mass is 10.0. The van der Waals surface area contributed by atoms with Gasteiger partial charge in [-0.15, -0.1) is 0 Å². The number of nitro groups is 1. The fourth-order valence-electron chi connectivity index (χ4n) is 2.01. The van der Waals surface area contributed by atoms with E-state index in [1.807, 2.05) is 0 Å². The van der Waals surface area contributed by atoms with Crippen molar-refractivity contribution in [1.29, 1.82) is 0 Å². The van der Waals surface area contributed by atoms with Gasteiger partial charge < -0.3 is 0 Å². The van der Waals surface area contributed by atoms with Crippen LogP contribution in [-0.4, -0.2) is 21.7 Å². The number of rotatable bonds is 3. The maximum Gasteiger partial charge on any atom is 0.283 e. The number of nitrogens with zero attached hydrogens (tertiary/aromatic N) is 1. The maximum atomic E-state index is 13.2. The lowest BCUT2D eigenvalue weighted by molar-refractivity contribution is -0.385. The van der Waals surface area contributed by atoms with E-state index in [0.717, 1.165) is 18.6 Å². The molecule has 0 saturated carbocycles. The Balaban J connectivity index is 2.39. The lowest BCUT2D eigenvalue weighted by Crippen LogP contribution is -2.22. The molecular formula is C12H11F2NO3S. The Kier molecular flexibility index (Phi) is 4.14. The molecule has 1 atom stereocenters. The zero-order valence-corrected chi connectivity index (χ0v) is 10.7. The first kappa shape index (κ1) is 13.9. The highest BCUT2D eigenvalue weighted by molar-refractivity contribution is 8.00. The van der Waals surface area contributed by atoms with Gasteiger partial charge in [0.15, 0.2) is 17.4 Å². The molecule has 19 heavy (non-hydrogen) atoms. The molecule has 102 valence electrons. The zero-order chi connectivity index (χ0) is 14.0. The van der Waals surface area contributed by atoms with Crippen LogP contribution in [0.25, 0.3) is 0 Å². The number of thioether (sulfide) groups is 1. The van der Waals surface area contributed by atoms with Crippen LogP contribution in [0.1, 0.15) is 29.6 Å². The van der Waals surface area contributed by atoms with Crippen LogP contribution in [0.3, 0.4) is 0 Å². The van der Waals surface area contributed by atoms with Gasteiger partial charge in [0, 0.05) is 0 Å². The zero-order valence-electron chi connectivity index (χ0n) is 9.90. The summed E-state index contributed by atoms with van der Waals surface area (Å²) in [5.74, 6) is -2.25. The van der Waals surface area contributed by atoms with Crippen LogP contribution in [0.15, 0.2) is 12.1 Å². The summed E-state index contributed by atoms with van der Waals surface area (Å²) in [6.45, 7) is 0. The van der Waals surface area contributed by atoms with Gasteiger partial charge in [-0.1, -0.05) is 6.42 Å². The van der Waals surface area contributed by atoms with Gasteiger partial charge in [0.1, 0.15) is 0 Å². The van der Waals surface area contributed by atoms with Crippen molar-refractivity contribution in [3.63, 3.8) is 0 Å². The van der Waals surface area contributed by atoms with E-state index < -0.39 is 33.3 Å². The first-order valence-corrected chi connectivity index (χ1v) is 6.85. The molecule has 0 radical (unpaired) electrons. The Hall–Kier alpha value is -1.50. The molecule has 7 heteroatoms. The molecule has 1 heterocycles. The Labute approximate surface area is 112 Å². The van der Waals surface area contributed by atoms with E-state index >= 15 is 0 Å². The second-order valence-corrected chi connectivity index (χ2v) is 5.57. The molecule has 1 aromatic carbocycles. The summed E-state index contributed by atoms with van der Waals surface area (Å²) in [5.41, 5.74) is -1.02. The Morgan fingerprint density at radius 3 is 2.58 bits per heavy atom. The summed E-state index contributed by atoms with van der Waals surface area (Å²) >= 11 is 1.41. The number of ketones is 1. The Bertz CT molecular complexity index is 530. The largest absolute Gasteiger partial charge is 0.293 e. The average Bonchev–Trinajstić information content (AvgIpc) is 2.41. The molecule has 1 aliphatic rings. The van der Waals surface area contributed by atoms with Gasteiger partial charge in [0.25, 0.3) is 5.69 Å². The summed E-state index contributed by atoms with van der Waals surface area (Å²) < 4.78 is 26.2. The van der Waals surface area contributed by atoms with Crippen molar-refractivity contribution < 1.29 is 18.5 Å². The second kappa shape index (κ2) is 5.64. The van der Waals surface area contributed by atoms with Gasteiger partial charge in [-0.2, -0.15) is 11.8 Å². The SMILES string of the molecule is O=C(c1cc(F)c(F)cc1[N+](=O)[O-])C1CCCCS1. The van der Waals surface area contributed by atoms with Gasteiger partial charge in [-0.3, -0.25) is 14.9 Å². The molecule has 0 amide bonds. The molecule has 1 fully saturated rings. The fraction of sp³-hybridized carbons (Fsp3) is 0.417. The lowest BCUT2D eigenvalue weighted by Gasteiger charge is -2.19. The third-order valence-corrected chi connectivity index (χ3v) is 4.35. The van der Waals surface area contributed by atoms with Crippen molar-refractivity contribution in [2.45, 2.75) is 24.5 Å². The van der Waals surface area contributed by atoms with E-state index in [4.69, 9.17) is 0 Å². The third-order valence-electron chi connectivity index (χ3n) is 2.97. The summed E-state index contributed by atoms with van der Waals surface area (Å²) in [6, 6.07) is 1.10. The van der Waals surface area contributed by atoms with Crippen LogP contribution in [-0.2, 0) is 0 Å². The molecule has 1 aromatic rings.